The zero-order chi connectivity index (χ0) is 14.3. The molecule has 1 fully saturated rings. The molecule has 0 amide bonds. The fourth-order valence-electron chi connectivity index (χ4n) is 2.30. The number of rotatable bonds is 2. The van der Waals surface area contributed by atoms with Crippen molar-refractivity contribution in [2.24, 2.45) is 5.92 Å². The molecule has 4 heteroatoms. The highest BCUT2D eigenvalue weighted by molar-refractivity contribution is 5.18. The van der Waals surface area contributed by atoms with E-state index in [4.69, 9.17) is 5.11 Å². The SMILES string of the molecule is CN(C)C[C@@H]1CC[C@H](O)C[C@@H]1O.Oc1ccccc1. The molecule has 0 unspecified atom stereocenters. The third-order valence-corrected chi connectivity index (χ3v) is 3.28. The van der Waals surface area contributed by atoms with E-state index in [1.165, 1.54) is 0 Å². The average Bonchev–Trinajstić information content (AvgIpc) is 2.34. The minimum atomic E-state index is -0.309. The summed E-state index contributed by atoms with van der Waals surface area (Å²) in [6, 6.07) is 8.71. The van der Waals surface area contributed by atoms with Crippen molar-refractivity contribution in [1.29, 1.82) is 0 Å². The van der Waals surface area contributed by atoms with E-state index in [1.807, 2.05) is 20.2 Å². The van der Waals surface area contributed by atoms with Gasteiger partial charge in [-0.2, -0.15) is 0 Å². The lowest BCUT2D eigenvalue weighted by atomic mass is 9.84. The molecule has 1 aromatic carbocycles. The topological polar surface area (TPSA) is 63.9 Å². The Morgan fingerprint density at radius 1 is 1.11 bits per heavy atom. The summed E-state index contributed by atoms with van der Waals surface area (Å²) in [5.41, 5.74) is 0. The summed E-state index contributed by atoms with van der Waals surface area (Å²) in [6.45, 7) is 0.924. The number of phenols is 1. The summed E-state index contributed by atoms with van der Waals surface area (Å²) >= 11 is 0. The number of benzene rings is 1. The molecule has 0 spiro atoms. The van der Waals surface area contributed by atoms with E-state index in [2.05, 4.69) is 4.90 Å². The molecule has 0 saturated heterocycles. The molecule has 4 nitrogen and oxygen atoms in total. The largest absolute Gasteiger partial charge is 0.508 e. The van der Waals surface area contributed by atoms with Crippen LogP contribution in [0.2, 0.25) is 0 Å². The van der Waals surface area contributed by atoms with Gasteiger partial charge in [0, 0.05) is 6.54 Å². The summed E-state index contributed by atoms with van der Waals surface area (Å²) in [4.78, 5) is 2.09. The smallest absolute Gasteiger partial charge is 0.115 e. The molecule has 0 aromatic heterocycles. The summed E-state index contributed by atoms with van der Waals surface area (Å²) in [6.07, 6.45) is 1.75. The fraction of sp³-hybridized carbons (Fsp3) is 0.600. The zero-order valence-electron chi connectivity index (χ0n) is 11.7. The maximum absolute atomic E-state index is 9.60. The standard InChI is InChI=1S/C9H19NO2.C6H6O/c1-10(2)6-7-3-4-8(11)5-9(7)12;7-6-4-2-1-3-5-6/h7-9,11-12H,3-6H2,1-2H3;1-5,7H/t7-,8-,9-;/m0./s1. The van der Waals surface area contributed by atoms with E-state index in [0.29, 0.717) is 18.1 Å². The van der Waals surface area contributed by atoms with E-state index in [9.17, 15) is 10.2 Å². The first kappa shape index (κ1) is 16.0. The quantitative estimate of drug-likeness (QED) is 0.759. The summed E-state index contributed by atoms with van der Waals surface area (Å²) in [7, 11) is 4.02. The minimum absolute atomic E-state index is 0.279. The third kappa shape index (κ3) is 6.57. The second-order valence-corrected chi connectivity index (χ2v) is 5.39. The number of phenolic OH excluding ortho intramolecular Hbond substituents is 1. The van der Waals surface area contributed by atoms with Gasteiger partial charge in [-0.15, -0.1) is 0 Å². The second-order valence-electron chi connectivity index (χ2n) is 5.39. The summed E-state index contributed by atoms with van der Waals surface area (Å²) < 4.78 is 0. The van der Waals surface area contributed by atoms with Gasteiger partial charge in [0.2, 0.25) is 0 Å². The molecule has 3 atom stereocenters. The first-order valence-electron chi connectivity index (χ1n) is 6.74. The first-order chi connectivity index (χ1) is 8.99. The van der Waals surface area contributed by atoms with Crippen LogP contribution in [0.15, 0.2) is 30.3 Å². The Balaban J connectivity index is 0.000000218. The predicted molar refractivity (Wildman–Crippen MR) is 76.0 cm³/mol. The minimum Gasteiger partial charge on any atom is -0.508 e. The van der Waals surface area contributed by atoms with E-state index < -0.39 is 0 Å². The summed E-state index contributed by atoms with van der Waals surface area (Å²) in [5.74, 6) is 0.672. The van der Waals surface area contributed by atoms with E-state index >= 15 is 0 Å². The van der Waals surface area contributed by atoms with Crippen LogP contribution in [0.1, 0.15) is 19.3 Å². The number of nitrogens with zero attached hydrogens (tertiary/aromatic N) is 1. The van der Waals surface area contributed by atoms with Crippen molar-refractivity contribution >= 4 is 0 Å². The molecule has 1 saturated carbocycles. The van der Waals surface area contributed by atoms with Gasteiger partial charge in [-0.1, -0.05) is 18.2 Å². The van der Waals surface area contributed by atoms with Crippen LogP contribution in [-0.2, 0) is 0 Å². The van der Waals surface area contributed by atoms with Gasteiger partial charge >= 0.3 is 0 Å². The third-order valence-electron chi connectivity index (χ3n) is 3.28. The molecule has 0 radical (unpaired) electrons. The maximum atomic E-state index is 9.60. The predicted octanol–water partition coefficient (Wildman–Crippen LogP) is 1.46. The van der Waals surface area contributed by atoms with Crippen molar-refractivity contribution in [3.8, 4) is 5.75 Å². The lowest BCUT2D eigenvalue weighted by molar-refractivity contribution is -0.00631. The van der Waals surface area contributed by atoms with Crippen molar-refractivity contribution in [2.75, 3.05) is 20.6 Å². The van der Waals surface area contributed by atoms with Crippen molar-refractivity contribution in [3.05, 3.63) is 30.3 Å². The van der Waals surface area contributed by atoms with Crippen molar-refractivity contribution in [2.45, 2.75) is 31.5 Å². The van der Waals surface area contributed by atoms with Crippen molar-refractivity contribution < 1.29 is 15.3 Å². The monoisotopic (exact) mass is 267 g/mol. The number of para-hydroxylation sites is 1. The maximum Gasteiger partial charge on any atom is 0.115 e. The number of aliphatic hydroxyl groups is 2. The van der Waals surface area contributed by atoms with E-state index in [-0.39, 0.29) is 12.2 Å². The van der Waals surface area contributed by atoms with Gasteiger partial charge in [-0.05, 0) is 51.4 Å². The molecule has 2 rings (SSSR count). The summed E-state index contributed by atoms with van der Waals surface area (Å²) in [5, 5.41) is 27.5. The van der Waals surface area contributed by atoms with Gasteiger partial charge in [0.25, 0.3) is 0 Å². The van der Waals surface area contributed by atoms with Gasteiger partial charge in [0.1, 0.15) is 5.75 Å². The van der Waals surface area contributed by atoms with Crippen LogP contribution >= 0.6 is 0 Å². The van der Waals surface area contributed by atoms with E-state index in [0.717, 1.165) is 19.4 Å². The highest BCUT2D eigenvalue weighted by Crippen LogP contribution is 2.24. The van der Waals surface area contributed by atoms with E-state index in [1.54, 1.807) is 24.3 Å². The Bertz CT molecular complexity index is 343. The molecule has 108 valence electrons. The Hall–Kier alpha value is -1.10. The Kier molecular flexibility index (Phi) is 6.84. The fourth-order valence-corrected chi connectivity index (χ4v) is 2.30. The lowest BCUT2D eigenvalue weighted by Crippen LogP contribution is -2.37. The number of hydrogen-bond donors (Lipinski definition) is 3. The number of aliphatic hydroxyl groups excluding tert-OH is 2. The molecule has 0 bridgehead atoms. The molecule has 19 heavy (non-hydrogen) atoms. The molecular weight excluding hydrogens is 242 g/mol. The van der Waals surface area contributed by atoms with Crippen LogP contribution in [0.3, 0.4) is 0 Å². The van der Waals surface area contributed by atoms with Crippen molar-refractivity contribution in [3.63, 3.8) is 0 Å². The molecule has 0 heterocycles. The van der Waals surface area contributed by atoms with Crippen LogP contribution in [-0.4, -0.2) is 53.1 Å². The van der Waals surface area contributed by atoms with Crippen LogP contribution in [0.25, 0.3) is 0 Å². The molecular formula is C15H25NO3. The van der Waals surface area contributed by atoms with Gasteiger partial charge in [-0.25, -0.2) is 0 Å². The van der Waals surface area contributed by atoms with Crippen LogP contribution < -0.4 is 0 Å². The molecule has 1 aromatic rings. The highest BCUT2D eigenvalue weighted by Gasteiger charge is 2.27. The van der Waals surface area contributed by atoms with Gasteiger partial charge in [0.15, 0.2) is 0 Å². The average molecular weight is 267 g/mol. The molecule has 1 aliphatic carbocycles. The first-order valence-corrected chi connectivity index (χ1v) is 6.74. The normalized spacial score (nSPS) is 26.7. The second kappa shape index (κ2) is 8.15. The van der Waals surface area contributed by atoms with Gasteiger partial charge in [0.05, 0.1) is 12.2 Å². The van der Waals surface area contributed by atoms with Gasteiger partial charge < -0.3 is 20.2 Å². The molecule has 3 N–H and O–H groups in total. The molecule has 0 aliphatic heterocycles. The van der Waals surface area contributed by atoms with Crippen LogP contribution in [0.4, 0.5) is 0 Å². The Labute approximate surface area is 115 Å². The number of aromatic hydroxyl groups is 1. The van der Waals surface area contributed by atoms with Gasteiger partial charge in [-0.3, -0.25) is 0 Å². The van der Waals surface area contributed by atoms with Crippen molar-refractivity contribution in [1.82, 2.24) is 4.90 Å². The van der Waals surface area contributed by atoms with Crippen LogP contribution in [0.5, 0.6) is 5.75 Å². The van der Waals surface area contributed by atoms with Crippen LogP contribution in [0, 0.1) is 5.92 Å². The molecule has 1 aliphatic rings. The number of hydrogen-bond acceptors (Lipinski definition) is 4. The zero-order valence-corrected chi connectivity index (χ0v) is 11.7. The Morgan fingerprint density at radius 2 is 1.74 bits per heavy atom. The highest BCUT2D eigenvalue weighted by atomic mass is 16.3. The lowest BCUT2D eigenvalue weighted by Gasteiger charge is -2.32. The Morgan fingerprint density at radius 3 is 2.16 bits per heavy atom.